The fourth-order valence-electron chi connectivity index (χ4n) is 7.81. The van der Waals surface area contributed by atoms with Crippen molar-refractivity contribution in [2.45, 2.75) is 132 Å². The first-order valence-electron chi connectivity index (χ1n) is 23.6. The number of aliphatic hydroxyl groups excluding tert-OH is 1. The van der Waals surface area contributed by atoms with Gasteiger partial charge in [-0.1, -0.05) is 18.2 Å². The fourth-order valence-corrected chi connectivity index (χ4v) is 7.81. The summed E-state index contributed by atoms with van der Waals surface area (Å²) in [5.41, 5.74) is 22.5. The van der Waals surface area contributed by atoms with E-state index in [1.54, 1.807) is 30.5 Å². The number of aliphatic carboxylic acids is 3. The van der Waals surface area contributed by atoms with Gasteiger partial charge < -0.3 is 90.5 Å². The number of likely N-dealkylation sites (tertiary alicyclic amines) is 1. The van der Waals surface area contributed by atoms with Crippen LogP contribution in [-0.4, -0.2) is 181 Å². The van der Waals surface area contributed by atoms with Crippen molar-refractivity contribution in [3.05, 3.63) is 36.0 Å². The molecule has 1 aromatic carbocycles. The maximum absolute atomic E-state index is 14.2. The molecule has 1 aromatic heterocycles. The van der Waals surface area contributed by atoms with Gasteiger partial charge in [0.05, 0.1) is 31.5 Å². The molecule has 2 aromatic rings. The van der Waals surface area contributed by atoms with E-state index in [1.807, 2.05) is 0 Å². The van der Waals surface area contributed by atoms with Gasteiger partial charge in [0.2, 0.25) is 65.0 Å². The van der Waals surface area contributed by atoms with Crippen molar-refractivity contribution in [3.63, 3.8) is 0 Å². The number of H-pyrrole nitrogens is 1. The smallest absolute Gasteiger partial charge is 0.328 e. The first-order valence-corrected chi connectivity index (χ1v) is 23.6. The van der Waals surface area contributed by atoms with Crippen molar-refractivity contribution in [2.75, 3.05) is 13.1 Å². The van der Waals surface area contributed by atoms with Gasteiger partial charge in [-0.15, -0.1) is 0 Å². The second kappa shape index (κ2) is 29.2. The number of para-hydroxylation sites is 1. The number of nitrogens with two attached hydrogens (primary N) is 4. The monoisotopic (exact) mass is 1070 g/mol. The number of aliphatic hydroxyl groups is 1. The number of primary amides is 3. The molecule has 0 saturated carbocycles. The number of hydrogen-bond donors (Lipinski definition) is 16. The van der Waals surface area contributed by atoms with Crippen molar-refractivity contribution in [1.82, 2.24) is 47.1 Å². The minimum Gasteiger partial charge on any atom is -0.481 e. The molecule has 0 spiro atoms. The molecule has 2 heterocycles. The molecule has 76 heavy (non-hydrogen) atoms. The largest absolute Gasteiger partial charge is 0.481 e. The molecule has 1 aliphatic rings. The van der Waals surface area contributed by atoms with Gasteiger partial charge in [0, 0.05) is 49.3 Å². The minimum absolute atomic E-state index is 0.0487. The lowest BCUT2D eigenvalue weighted by atomic mass is 10.0. The Morgan fingerprint density at radius 3 is 1.84 bits per heavy atom. The molecule has 0 bridgehead atoms. The van der Waals surface area contributed by atoms with Crippen molar-refractivity contribution in [3.8, 4) is 0 Å². The first-order chi connectivity index (χ1) is 35.7. The van der Waals surface area contributed by atoms with Gasteiger partial charge in [0.25, 0.3) is 0 Å². The molecule has 11 amide bonds. The van der Waals surface area contributed by atoms with Crippen LogP contribution in [0.25, 0.3) is 10.9 Å². The predicted octanol–water partition coefficient (Wildman–Crippen LogP) is -6.74. The normalized spacial score (nSPS) is 16.1. The fraction of sp³-hybridized carbons (Fsp3) is 0.511. The Bertz CT molecular complexity index is 2540. The van der Waals surface area contributed by atoms with Gasteiger partial charge >= 0.3 is 17.9 Å². The van der Waals surface area contributed by atoms with Crippen LogP contribution in [0.3, 0.4) is 0 Å². The third kappa shape index (κ3) is 19.6. The van der Waals surface area contributed by atoms with E-state index in [2.05, 4.69) is 42.2 Å². The van der Waals surface area contributed by atoms with Gasteiger partial charge in [0.1, 0.15) is 36.3 Å². The van der Waals surface area contributed by atoms with E-state index < -0.39 is 176 Å². The molecule has 1 fully saturated rings. The topological polar surface area (TPSA) is 527 Å². The number of nitrogens with zero attached hydrogens (tertiary/aromatic N) is 1. The van der Waals surface area contributed by atoms with Crippen LogP contribution in [0.1, 0.15) is 76.7 Å². The number of rotatable bonds is 32. The number of aromatic amines is 1. The maximum Gasteiger partial charge on any atom is 0.328 e. The van der Waals surface area contributed by atoms with Gasteiger partial charge in [0.15, 0.2) is 6.04 Å². The highest BCUT2D eigenvalue weighted by Gasteiger charge is 2.41. The van der Waals surface area contributed by atoms with Crippen LogP contribution < -0.4 is 60.2 Å². The second-order valence-electron chi connectivity index (χ2n) is 17.7. The summed E-state index contributed by atoms with van der Waals surface area (Å²) in [6, 6.07) is -6.50. The average molecular weight is 1070 g/mol. The van der Waals surface area contributed by atoms with Crippen LogP contribution >= 0.6 is 0 Å². The van der Waals surface area contributed by atoms with Crippen molar-refractivity contribution in [1.29, 1.82) is 0 Å². The number of hydrogen-bond acceptors (Lipinski definition) is 16. The third-order valence-corrected chi connectivity index (χ3v) is 11.7. The molecule has 0 unspecified atom stereocenters. The Balaban J connectivity index is 1.82. The molecule has 416 valence electrons. The van der Waals surface area contributed by atoms with Crippen molar-refractivity contribution in [2.24, 2.45) is 22.9 Å². The molecule has 9 atom stereocenters. The van der Waals surface area contributed by atoms with Crippen LogP contribution in [0, 0.1) is 0 Å². The van der Waals surface area contributed by atoms with Crippen LogP contribution in [0.15, 0.2) is 30.5 Å². The molecule has 1 saturated heterocycles. The lowest BCUT2D eigenvalue weighted by Crippen LogP contribution is -2.60. The highest BCUT2D eigenvalue weighted by Crippen LogP contribution is 2.22. The number of carbonyl (C=O) groups excluding carboxylic acids is 11. The Morgan fingerprint density at radius 2 is 1.24 bits per heavy atom. The summed E-state index contributed by atoms with van der Waals surface area (Å²) in [6.45, 7) is -0.0224. The zero-order valence-corrected chi connectivity index (χ0v) is 41.0. The summed E-state index contributed by atoms with van der Waals surface area (Å²) >= 11 is 0. The first kappa shape index (κ1) is 61.6. The number of benzene rings is 1. The van der Waals surface area contributed by atoms with Crippen LogP contribution in [0.5, 0.6) is 0 Å². The van der Waals surface area contributed by atoms with E-state index in [-0.39, 0.29) is 45.1 Å². The van der Waals surface area contributed by atoms with Gasteiger partial charge in [-0.25, -0.2) is 4.79 Å². The van der Waals surface area contributed by atoms with Gasteiger partial charge in [-0.05, 0) is 50.7 Å². The minimum atomic E-state index is -2.00. The standard InChI is InChI=1S/C45H63N13O18/c1-20(59)37(45(75)76)57-42(72)27(15-21-18-50-24-6-3-2-5-22(21)24)55-43(73)30-7-4-14-58(30)44(74)29(17-36(66)67)56-40(70)26(10-13-35(64)65)54-41(71)28(16-33(49)62)52-34(63)19-51-39(69)25(9-12-32(48)61)53-38(68)23(46)8-11-31(47)60/h2-3,5-6,18,20,23,25-30,37,50,59H,4,7-17,19,46H2,1H3,(H2,47,60)(H2,48,61)(H2,49,62)(H,51,69)(H,52,63)(H,53,68)(H,54,71)(H,55,73)(H,56,70)(H,57,72)(H,64,65)(H,66,67)(H,75,76)/t20-,23+,25+,26+,27+,28+,29+,30+,37+/m1/s1. The van der Waals surface area contributed by atoms with E-state index in [4.69, 9.17) is 22.9 Å². The highest BCUT2D eigenvalue weighted by atomic mass is 16.4. The number of carboxylic acid groups (broad SMARTS) is 3. The van der Waals surface area contributed by atoms with E-state index in [1.165, 1.54) is 0 Å². The van der Waals surface area contributed by atoms with Gasteiger partial charge in [-0.3, -0.25) is 62.3 Å². The Labute approximate surface area is 431 Å². The van der Waals surface area contributed by atoms with E-state index in [0.29, 0.717) is 16.5 Å². The number of aromatic nitrogens is 1. The molecular formula is C45H63N13O18. The lowest BCUT2D eigenvalue weighted by molar-refractivity contribution is -0.146. The lowest BCUT2D eigenvalue weighted by Gasteiger charge is -2.30. The maximum atomic E-state index is 14.2. The Morgan fingerprint density at radius 1 is 0.658 bits per heavy atom. The summed E-state index contributed by atoms with van der Waals surface area (Å²) in [5, 5.41) is 55.2. The third-order valence-electron chi connectivity index (χ3n) is 11.7. The molecular weight excluding hydrogens is 1010 g/mol. The average Bonchev–Trinajstić information content (AvgIpc) is 4.00. The van der Waals surface area contributed by atoms with E-state index >= 15 is 0 Å². The zero-order chi connectivity index (χ0) is 57.0. The summed E-state index contributed by atoms with van der Waals surface area (Å²) in [6.07, 6.45) is -5.08. The SMILES string of the molecule is C[C@@H](O)[C@H](NC(=O)[C@H](Cc1c[nH]c2ccccc12)NC(=O)[C@@H]1CCCN1C(=O)[C@H](CC(=O)O)NC(=O)[C@H](CCC(=O)O)NC(=O)[C@H](CC(N)=O)NC(=O)CNC(=O)[C@H](CCC(N)=O)NC(=O)[C@@H](N)CCC(N)=O)C(=O)O. The van der Waals surface area contributed by atoms with Crippen LogP contribution in [0.2, 0.25) is 0 Å². The number of carbonyl (C=O) groups is 14. The number of amides is 11. The molecule has 31 nitrogen and oxygen atoms in total. The van der Waals surface area contributed by atoms with Crippen LogP contribution in [0.4, 0.5) is 0 Å². The summed E-state index contributed by atoms with van der Waals surface area (Å²) in [7, 11) is 0. The summed E-state index contributed by atoms with van der Waals surface area (Å²) in [4.78, 5) is 182. The number of nitrogens with one attached hydrogen (secondary N) is 8. The number of carboxylic acids is 3. The highest BCUT2D eigenvalue weighted by molar-refractivity contribution is 6.00. The molecule has 1 aliphatic heterocycles. The zero-order valence-electron chi connectivity index (χ0n) is 41.0. The Kier molecular flexibility index (Phi) is 23.7. The van der Waals surface area contributed by atoms with Crippen LogP contribution in [-0.2, 0) is 73.5 Å². The molecule has 0 radical (unpaired) electrons. The molecule has 20 N–H and O–H groups in total. The van der Waals surface area contributed by atoms with E-state index in [0.717, 1.165) is 11.8 Å². The van der Waals surface area contributed by atoms with E-state index in [9.17, 15) is 87.5 Å². The van der Waals surface area contributed by atoms with Crippen molar-refractivity contribution >= 4 is 93.8 Å². The molecule has 31 heteroatoms. The summed E-state index contributed by atoms with van der Waals surface area (Å²) < 4.78 is 0. The Hall–Kier alpha value is -8.74. The van der Waals surface area contributed by atoms with Crippen molar-refractivity contribution < 1.29 is 87.5 Å². The predicted molar refractivity (Wildman–Crippen MR) is 258 cm³/mol. The molecule has 3 rings (SSSR count). The quantitative estimate of drug-likeness (QED) is 0.0324. The number of fused-ring (bicyclic) bond motifs is 1. The second-order valence-corrected chi connectivity index (χ2v) is 17.7. The molecule has 0 aliphatic carbocycles. The van der Waals surface area contributed by atoms with Gasteiger partial charge in [-0.2, -0.15) is 0 Å². The summed E-state index contributed by atoms with van der Waals surface area (Å²) in [5.74, 6) is -16.5.